The van der Waals surface area contributed by atoms with Gasteiger partial charge in [-0.3, -0.25) is 0 Å². The fourth-order valence-electron chi connectivity index (χ4n) is 7.88. The van der Waals surface area contributed by atoms with E-state index in [9.17, 15) is 15.8 Å². The molecule has 8 aromatic rings. The molecule has 0 saturated carbocycles. The van der Waals surface area contributed by atoms with Crippen LogP contribution >= 0.6 is 0 Å². The molecule has 6 aromatic carbocycles. The Kier molecular flexibility index (Phi) is 6.70. The first-order valence-electron chi connectivity index (χ1n) is 16.5. The van der Waals surface area contributed by atoms with E-state index in [1.807, 2.05) is 60.7 Å². The van der Waals surface area contributed by atoms with Crippen molar-refractivity contribution in [2.75, 3.05) is 0 Å². The van der Waals surface area contributed by atoms with Crippen molar-refractivity contribution in [2.45, 2.75) is 12.0 Å². The Hall–Kier alpha value is -7.13. The highest BCUT2D eigenvalue weighted by Crippen LogP contribution is 2.44. The number of hydrogen-bond donors (Lipinski definition) is 0. The van der Waals surface area contributed by atoms with Crippen LogP contribution in [0.2, 0.25) is 0 Å². The number of aromatic nitrogens is 2. The van der Waals surface area contributed by atoms with Crippen LogP contribution in [0.4, 0.5) is 0 Å². The predicted octanol–water partition coefficient (Wildman–Crippen LogP) is 10.6. The molecular weight excluding hydrogens is 611 g/mol. The van der Waals surface area contributed by atoms with Crippen LogP contribution in [0.25, 0.3) is 60.4 Å². The largest absolute Gasteiger partial charge is 0.331 e. The highest BCUT2D eigenvalue weighted by Gasteiger charge is 2.29. The monoisotopic (exact) mass is 637 g/mol. The van der Waals surface area contributed by atoms with Crippen molar-refractivity contribution in [3.63, 3.8) is 0 Å². The van der Waals surface area contributed by atoms with Gasteiger partial charge in [-0.1, -0.05) is 91.0 Å². The molecule has 2 unspecified atom stereocenters. The zero-order valence-electron chi connectivity index (χ0n) is 26.8. The van der Waals surface area contributed by atoms with Gasteiger partial charge in [0.1, 0.15) is 6.07 Å². The maximum Gasteiger partial charge on any atom is 0.101 e. The molecule has 50 heavy (non-hydrogen) atoms. The lowest BCUT2D eigenvalue weighted by molar-refractivity contribution is 0.576. The number of benzene rings is 6. The van der Waals surface area contributed by atoms with Crippen molar-refractivity contribution >= 4 is 43.6 Å². The Morgan fingerprint density at radius 2 is 1.20 bits per heavy atom. The van der Waals surface area contributed by atoms with E-state index < -0.39 is 0 Å². The first-order chi connectivity index (χ1) is 24.7. The number of nitrogens with zero attached hydrogens (tertiary/aromatic N) is 5. The zero-order valence-corrected chi connectivity index (χ0v) is 26.8. The Bertz CT molecular complexity index is 2880. The van der Waals surface area contributed by atoms with Crippen LogP contribution in [0.3, 0.4) is 0 Å². The summed E-state index contributed by atoms with van der Waals surface area (Å²) in [5, 5.41) is 34.2. The van der Waals surface area contributed by atoms with E-state index in [4.69, 9.17) is 0 Å². The maximum absolute atomic E-state index is 10.2. The van der Waals surface area contributed by atoms with Gasteiger partial charge in [-0.25, -0.2) is 0 Å². The lowest BCUT2D eigenvalue weighted by atomic mass is 9.82. The van der Waals surface area contributed by atoms with E-state index in [1.54, 1.807) is 0 Å². The normalized spacial score (nSPS) is 15.4. The minimum atomic E-state index is -0.126. The number of fused-ring (bicyclic) bond motifs is 6. The van der Waals surface area contributed by atoms with Crippen LogP contribution in [0, 0.1) is 34.0 Å². The van der Waals surface area contributed by atoms with E-state index >= 15 is 0 Å². The molecule has 0 saturated heterocycles. The molecular formula is C45H27N5. The molecule has 0 amide bonds. The van der Waals surface area contributed by atoms with Crippen LogP contribution in [0.5, 0.6) is 0 Å². The summed E-state index contributed by atoms with van der Waals surface area (Å²) in [6.07, 6.45) is 8.62. The molecule has 0 bridgehead atoms. The van der Waals surface area contributed by atoms with E-state index in [0.29, 0.717) is 16.7 Å². The summed E-state index contributed by atoms with van der Waals surface area (Å²) in [4.78, 5) is 0. The third-order valence-corrected chi connectivity index (χ3v) is 10.0. The van der Waals surface area contributed by atoms with Crippen molar-refractivity contribution in [1.82, 2.24) is 9.13 Å². The molecule has 0 aliphatic heterocycles. The van der Waals surface area contributed by atoms with Crippen LogP contribution in [-0.2, 0) is 0 Å². The molecule has 1 aliphatic rings. The molecule has 0 N–H and O–H groups in total. The van der Waals surface area contributed by atoms with Crippen molar-refractivity contribution < 1.29 is 0 Å². The van der Waals surface area contributed by atoms with Crippen LogP contribution in [0.15, 0.2) is 152 Å². The fraction of sp³-hybridized carbons (Fsp3) is 0.0444. The third-order valence-electron chi connectivity index (χ3n) is 10.0. The van der Waals surface area contributed by atoms with Gasteiger partial charge in [0.15, 0.2) is 0 Å². The van der Waals surface area contributed by atoms with Gasteiger partial charge in [-0.15, -0.1) is 0 Å². The van der Waals surface area contributed by atoms with Gasteiger partial charge in [0, 0.05) is 38.7 Å². The molecule has 2 aromatic heterocycles. The minimum Gasteiger partial charge on any atom is -0.331 e. The smallest absolute Gasteiger partial charge is 0.101 e. The summed E-state index contributed by atoms with van der Waals surface area (Å²) in [5.74, 6) is -0.0882. The molecule has 5 nitrogen and oxygen atoms in total. The molecule has 0 spiro atoms. The topological polar surface area (TPSA) is 81.2 Å². The number of para-hydroxylation sites is 3. The van der Waals surface area contributed by atoms with Crippen LogP contribution in [0.1, 0.15) is 34.2 Å². The van der Waals surface area contributed by atoms with Gasteiger partial charge in [0.2, 0.25) is 0 Å². The van der Waals surface area contributed by atoms with E-state index in [2.05, 4.69) is 118 Å². The summed E-state index contributed by atoms with van der Waals surface area (Å²) in [7, 11) is 0. The average Bonchev–Trinajstić information content (AvgIpc) is 3.70. The summed E-state index contributed by atoms with van der Waals surface area (Å²) in [6.45, 7) is 0. The first kappa shape index (κ1) is 29.0. The minimum absolute atomic E-state index is 0.0882. The van der Waals surface area contributed by atoms with Gasteiger partial charge >= 0.3 is 0 Å². The van der Waals surface area contributed by atoms with E-state index in [1.165, 1.54) is 0 Å². The second kappa shape index (κ2) is 11.5. The Morgan fingerprint density at radius 3 is 2.02 bits per heavy atom. The second-order valence-electron chi connectivity index (χ2n) is 12.6. The summed E-state index contributed by atoms with van der Waals surface area (Å²) < 4.78 is 4.57. The molecule has 1 aliphatic carbocycles. The second-order valence-corrected chi connectivity index (χ2v) is 12.6. The number of hydrogen-bond acceptors (Lipinski definition) is 3. The van der Waals surface area contributed by atoms with Crippen molar-refractivity contribution in [3.05, 3.63) is 174 Å². The number of rotatable bonds is 4. The lowest BCUT2D eigenvalue weighted by Crippen LogP contribution is -2.17. The fourth-order valence-corrected chi connectivity index (χ4v) is 7.88. The highest BCUT2D eigenvalue weighted by atomic mass is 15.0. The van der Waals surface area contributed by atoms with Gasteiger partial charge in [-0.2, -0.15) is 15.8 Å². The quantitative estimate of drug-likeness (QED) is 0.193. The molecule has 2 heterocycles. The molecule has 9 rings (SSSR count). The Balaban J connectivity index is 1.25. The molecule has 0 radical (unpaired) electrons. The first-order valence-corrected chi connectivity index (χ1v) is 16.5. The van der Waals surface area contributed by atoms with Gasteiger partial charge < -0.3 is 9.13 Å². The van der Waals surface area contributed by atoms with Crippen LogP contribution in [-0.4, -0.2) is 9.13 Å². The maximum atomic E-state index is 10.2. The van der Waals surface area contributed by atoms with Gasteiger partial charge in [-0.05, 0) is 77.4 Å². The van der Waals surface area contributed by atoms with E-state index in [-0.39, 0.29) is 12.0 Å². The Labute approximate surface area is 288 Å². The van der Waals surface area contributed by atoms with E-state index in [0.717, 1.165) is 66.0 Å². The Morgan fingerprint density at radius 1 is 0.520 bits per heavy atom. The molecule has 232 valence electrons. The predicted molar refractivity (Wildman–Crippen MR) is 200 cm³/mol. The summed E-state index contributed by atoms with van der Waals surface area (Å²) in [5.41, 5.74) is 9.99. The third kappa shape index (κ3) is 4.37. The number of nitriles is 3. The molecule has 5 heteroatoms. The van der Waals surface area contributed by atoms with Crippen molar-refractivity contribution in [1.29, 1.82) is 15.8 Å². The highest BCUT2D eigenvalue weighted by molar-refractivity contribution is 6.11. The van der Waals surface area contributed by atoms with Gasteiger partial charge in [0.25, 0.3) is 0 Å². The zero-order chi connectivity index (χ0) is 33.8. The average molecular weight is 638 g/mol. The molecule has 0 fully saturated rings. The SMILES string of the molecule is N#Cc1ccc(C2C=CC=CC2n2c3ccccc3c3cccc(C#N)c32)c(-c2cccc(-n3c4ccccc4c4cc(C#N)ccc43)c2)c1. The molecule has 2 atom stereocenters. The van der Waals surface area contributed by atoms with Crippen molar-refractivity contribution in [3.8, 4) is 35.0 Å². The lowest BCUT2D eigenvalue weighted by Gasteiger charge is -2.30. The van der Waals surface area contributed by atoms with Gasteiger partial charge in [0.05, 0.1) is 51.4 Å². The number of allylic oxidation sites excluding steroid dienone is 4. The standard InChI is InChI=1S/C45H27N5/c46-26-29-19-21-34(35-12-1-5-17-42(35)50-43-18-6-2-13-36(43)38-15-8-10-32(28-48)45(38)50)39(23-29)31-9-7-11-33(25-31)49-41-16-4-3-14-37(41)40-24-30(27-47)20-22-44(40)49/h1-25,35,42H. The summed E-state index contributed by atoms with van der Waals surface area (Å²) in [6, 6.07) is 49.9. The van der Waals surface area contributed by atoms with Crippen LogP contribution < -0.4 is 0 Å². The van der Waals surface area contributed by atoms with Crippen molar-refractivity contribution in [2.24, 2.45) is 0 Å². The summed E-state index contributed by atoms with van der Waals surface area (Å²) >= 11 is 0.